The lowest BCUT2D eigenvalue weighted by molar-refractivity contribution is 0.0696. The molecule has 0 aromatic heterocycles. The van der Waals surface area contributed by atoms with Crippen LogP contribution in [0.15, 0.2) is 78.9 Å². The minimum Gasteiger partial charge on any atom is -0.490 e. The third-order valence-corrected chi connectivity index (χ3v) is 3.88. The molecule has 3 aromatic rings. The Bertz CT molecular complexity index is 939. The van der Waals surface area contributed by atoms with Crippen LogP contribution in [0.25, 0.3) is 0 Å². The summed E-state index contributed by atoms with van der Waals surface area (Å²) in [4.78, 5) is 23.2. The van der Waals surface area contributed by atoms with E-state index in [1.165, 1.54) is 12.1 Å². The number of hydrogen-bond acceptors (Lipinski definition) is 4. The van der Waals surface area contributed by atoms with Gasteiger partial charge in [0.25, 0.3) is 5.91 Å². The van der Waals surface area contributed by atoms with Crippen molar-refractivity contribution in [2.24, 2.45) is 0 Å². The third-order valence-electron chi connectivity index (χ3n) is 3.88. The zero-order valence-electron chi connectivity index (χ0n) is 15.0. The van der Waals surface area contributed by atoms with Crippen LogP contribution in [-0.2, 0) is 0 Å². The zero-order chi connectivity index (χ0) is 19.8. The summed E-state index contributed by atoms with van der Waals surface area (Å²) in [5.41, 5.74) is 1.33. The van der Waals surface area contributed by atoms with E-state index >= 15 is 0 Å². The quantitative estimate of drug-likeness (QED) is 0.578. The molecular weight excluding hydrogens is 358 g/mol. The number of anilines is 1. The predicted molar refractivity (Wildman–Crippen MR) is 105 cm³/mol. The second-order valence-corrected chi connectivity index (χ2v) is 5.84. The number of rotatable bonds is 8. The van der Waals surface area contributed by atoms with E-state index in [1.807, 2.05) is 18.2 Å². The van der Waals surface area contributed by atoms with Gasteiger partial charge in [0.05, 0.1) is 11.3 Å². The molecule has 2 N–H and O–H groups in total. The number of para-hydroxylation sites is 2. The van der Waals surface area contributed by atoms with Gasteiger partial charge in [-0.15, -0.1) is 0 Å². The first-order valence-electron chi connectivity index (χ1n) is 8.68. The molecule has 0 heterocycles. The molecule has 0 spiro atoms. The maximum Gasteiger partial charge on any atom is 0.335 e. The van der Waals surface area contributed by atoms with E-state index < -0.39 is 5.97 Å². The fourth-order valence-corrected chi connectivity index (χ4v) is 2.48. The average Bonchev–Trinajstić information content (AvgIpc) is 2.73. The Balaban J connectivity index is 1.53. The molecule has 1 amide bonds. The fraction of sp³-hybridized carbons (Fsp3) is 0.0909. The SMILES string of the molecule is O=C(O)c1ccc(OCCOc2ccccc2NC(=O)c2ccccc2)cc1. The van der Waals surface area contributed by atoms with Crippen molar-refractivity contribution >= 4 is 17.6 Å². The summed E-state index contributed by atoms with van der Waals surface area (Å²) >= 11 is 0. The Labute approximate surface area is 162 Å². The molecule has 142 valence electrons. The topological polar surface area (TPSA) is 84.9 Å². The molecular formula is C22H19NO5. The van der Waals surface area contributed by atoms with Crippen LogP contribution in [0.3, 0.4) is 0 Å². The van der Waals surface area contributed by atoms with Gasteiger partial charge in [0.2, 0.25) is 0 Å². The normalized spacial score (nSPS) is 10.1. The fourth-order valence-electron chi connectivity index (χ4n) is 2.48. The molecule has 3 rings (SSSR count). The van der Waals surface area contributed by atoms with Crippen molar-refractivity contribution in [3.63, 3.8) is 0 Å². The molecule has 0 bridgehead atoms. The van der Waals surface area contributed by atoms with E-state index in [4.69, 9.17) is 14.6 Å². The predicted octanol–water partition coefficient (Wildman–Crippen LogP) is 4.09. The number of amides is 1. The number of ether oxygens (including phenoxy) is 2. The molecule has 28 heavy (non-hydrogen) atoms. The molecule has 3 aromatic carbocycles. The van der Waals surface area contributed by atoms with Gasteiger partial charge in [-0.25, -0.2) is 4.79 Å². The molecule has 0 saturated heterocycles. The van der Waals surface area contributed by atoms with Gasteiger partial charge in [-0.05, 0) is 48.5 Å². The van der Waals surface area contributed by atoms with Crippen molar-refractivity contribution in [1.29, 1.82) is 0 Å². The summed E-state index contributed by atoms with van der Waals surface area (Å²) in [6.45, 7) is 0.534. The Hall–Kier alpha value is -3.80. The van der Waals surface area contributed by atoms with Crippen LogP contribution in [0.5, 0.6) is 11.5 Å². The Kier molecular flexibility index (Phi) is 6.25. The third kappa shape index (κ3) is 5.11. The number of hydrogen-bond donors (Lipinski definition) is 2. The zero-order valence-corrected chi connectivity index (χ0v) is 15.0. The lowest BCUT2D eigenvalue weighted by Gasteiger charge is -2.13. The van der Waals surface area contributed by atoms with Crippen LogP contribution in [0.1, 0.15) is 20.7 Å². The summed E-state index contributed by atoms with van der Waals surface area (Å²) in [5.74, 6) is -0.105. The highest BCUT2D eigenvalue weighted by Crippen LogP contribution is 2.24. The van der Waals surface area contributed by atoms with Crippen LogP contribution in [0.4, 0.5) is 5.69 Å². The largest absolute Gasteiger partial charge is 0.490 e. The van der Waals surface area contributed by atoms with Crippen molar-refractivity contribution < 1.29 is 24.2 Å². The summed E-state index contributed by atoms with van der Waals surface area (Å²) in [6.07, 6.45) is 0. The van der Waals surface area contributed by atoms with Crippen LogP contribution in [0, 0.1) is 0 Å². The van der Waals surface area contributed by atoms with Gasteiger partial charge >= 0.3 is 5.97 Å². The lowest BCUT2D eigenvalue weighted by Crippen LogP contribution is -2.14. The number of carbonyl (C=O) groups excluding carboxylic acids is 1. The molecule has 6 nitrogen and oxygen atoms in total. The number of nitrogens with one attached hydrogen (secondary N) is 1. The van der Waals surface area contributed by atoms with E-state index in [9.17, 15) is 9.59 Å². The van der Waals surface area contributed by atoms with Gasteiger partial charge in [-0.3, -0.25) is 4.79 Å². The Morgan fingerprint density at radius 1 is 0.750 bits per heavy atom. The molecule has 0 aliphatic rings. The standard InChI is InChI=1S/C22H19NO5/c24-21(16-6-2-1-3-7-16)23-19-8-4-5-9-20(19)28-15-14-27-18-12-10-17(11-13-18)22(25)26/h1-13H,14-15H2,(H,23,24)(H,25,26). The number of carbonyl (C=O) groups is 2. The monoisotopic (exact) mass is 377 g/mol. The first kappa shape index (κ1) is 19.0. The van der Waals surface area contributed by atoms with Gasteiger partial charge in [0.15, 0.2) is 0 Å². The average molecular weight is 377 g/mol. The smallest absolute Gasteiger partial charge is 0.335 e. The Morgan fingerprint density at radius 3 is 2.11 bits per heavy atom. The molecule has 0 radical (unpaired) electrons. The first-order valence-corrected chi connectivity index (χ1v) is 8.68. The van der Waals surface area contributed by atoms with E-state index in [0.717, 1.165) is 0 Å². The van der Waals surface area contributed by atoms with E-state index in [0.29, 0.717) is 22.7 Å². The second-order valence-electron chi connectivity index (χ2n) is 5.84. The molecule has 0 saturated carbocycles. The number of aromatic carboxylic acids is 1. The number of benzene rings is 3. The van der Waals surface area contributed by atoms with Crippen molar-refractivity contribution in [1.82, 2.24) is 0 Å². The molecule has 6 heteroatoms. The van der Waals surface area contributed by atoms with Crippen molar-refractivity contribution in [3.05, 3.63) is 90.0 Å². The molecule has 0 unspecified atom stereocenters. The van der Waals surface area contributed by atoms with E-state index in [1.54, 1.807) is 48.5 Å². The maximum absolute atomic E-state index is 12.3. The number of carboxylic acids is 1. The summed E-state index contributed by atoms with van der Waals surface area (Å²) in [7, 11) is 0. The van der Waals surface area contributed by atoms with Gasteiger partial charge in [-0.2, -0.15) is 0 Å². The molecule has 0 aliphatic carbocycles. The van der Waals surface area contributed by atoms with Crippen molar-refractivity contribution in [2.45, 2.75) is 0 Å². The maximum atomic E-state index is 12.3. The first-order chi connectivity index (χ1) is 13.6. The van der Waals surface area contributed by atoms with Gasteiger partial charge < -0.3 is 19.9 Å². The molecule has 0 atom stereocenters. The summed E-state index contributed by atoms with van der Waals surface area (Å²) in [6, 6.07) is 22.2. The van der Waals surface area contributed by atoms with Gasteiger partial charge in [0, 0.05) is 5.56 Å². The van der Waals surface area contributed by atoms with E-state index in [2.05, 4.69) is 5.32 Å². The highest BCUT2D eigenvalue weighted by Gasteiger charge is 2.09. The van der Waals surface area contributed by atoms with Crippen molar-refractivity contribution in [2.75, 3.05) is 18.5 Å². The summed E-state index contributed by atoms with van der Waals surface area (Å²) < 4.78 is 11.3. The van der Waals surface area contributed by atoms with Gasteiger partial charge in [0.1, 0.15) is 24.7 Å². The second kappa shape index (κ2) is 9.23. The highest BCUT2D eigenvalue weighted by molar-refractivity contribution is 6.04. The van der Waals surface area contributed by atoms with Crippen LogP contribution in [0.2, 0.25) is 0 Å². The number of carboxylic acid groups (broad SMARTS) is 1. The Morgan fingerprint density at radius 2 is 1.39 bits per heavy atom. The minimum absolute atomic E-state index is 0.201. The van der Waals surface area contributed by atoms with E-state index in [-0.39, 0.29) is 24.7 Å². The van der Waals surface area contributed by atoms with Crippen LogP contribution in [-0.4, -0.2) is 30.2 Å². The lowest BCUT2D eigenvalue weighted by atomic mass is 10.2. The minimum atomic E-state index is -0.982. The van der Waals surface area contributed by atoms with Crippen LogP contribution >= 0.6 is 0 Å². The summed E-state index contributed by atoms with van der Waals surface area (Å²) in [5, 5.41) is 11.7. The van der Waals surface area contributed by atoms with Crippen LogP contribution < -0.4 is 14.8 Å². The molecule has 0 fully saturated rings. The van der Waals surface area contributed by atoms with Crippen molar-refractivity contribution in [3.8, 4) is 11.5 Å². The molecule has 0 aliphatic heterocycles. The highest BCUT2D eigenvalue weighted by atomic mass is 16.5. The van der Waals surface area contributed by atoms with Gasteiger partial charge in [-0.1, -0.05) is 30.3 Å².